The summed E-state index contributed by atoms with van der Waals surface area (Å²) in [5.41, 5.74) is 1.39. The third-order valence-corrected chi connectivity index (χ3v) is 3.08. The first-order valence-corrected chi connectivity index (χ1v) is 5.38. The Balaban J connectivity index is 2.68. The minimum absolute atomic E-state index is 0.433. The highest BCUT2D eigenvalue weighted by atomic mass is 35.5. The summed E-state index contributed by atoms with van der Waals surface area (Å²) in [6.07, 6.45) is 1.68. The minimum Gasteiger partial charge on any atom is -0.256 e. The lowest BCUT2D eigenvalue weighted by Crippen LogP contribution is -1.85. The van der Waals surface area contributed by atoms with Crippen LogP contribution in [0.4, 0.5) is 0 Å². The van der Waals surface area contributed by atoms with Gasteiger partial charge in [0.2, 0.25) is 0 Å². The van der Waals surface area contributed by atoms with Crippen molar-refractivity contribution in [1.82, 2.24) is 4.98 Å². The van der Waals surface area contributed by atoms with Crippen LogP contribution in [0.15, 0.2) is 36.5 Å². The van der Waals surface area contributed by atoms with Crippen molar-refractivity contribution in [3.05, 3.63) is 51.6 Å². The molecule has 0 spiro atoms. The van der Waals surface area contributed by atoms with E-state index in [1.165, 1.54) is 0 Å². The van der Waals surface area contributed by atoms with Crippen molar-refractivity contribution in [2.24, 2.45) is 0 Å². The van der Waals surface area contributed by atoms with Crippen molar-refractivity contribution < 1.29 is 0 Å². The first-order valence-electron chi connectivity index (χ1n) is 4.25. The van der Waals surface area contributed by atoms with Crippen LogP contribution in [0.25, 0.3) is 11.3 Å². The van der Waals surface area contributed by atoms with Crippen LogP contribution in [0.1, 0.15) is 0 Å². The Morgan fingerprint density at radius 1 is 0.867 bits per heavy atom. The molecule has 0 aliphatic heterocycles. The number of nitrogens with zero attached hydrogens (tertiary/aromatic N) is 1. The van der Waals surface area contributed by atoms with E-state index in [4.69, 9.17) is 34.8 Å². The van der Waals surface area contributed by atoms with Gasteiger partial charge in [-0.05, 0) is 24.3 Å². The summed E-state index contributed by atoms with van der Waals surface area (Å²) in [6, 6.07) is 8.91. The average molecular weight is 259 g/mol. The van der Waals surface area contributed by atoms with Gasteiger partial charge in [0.05, 0.1) is 20.8 Å². The van der Waals surface area contributed by atoms with Crippen molar-refractivity contribution in [3.63, 3.8) is 0 Å². The zero-order chi connectivity index (χ0) is 10.8. The fourth-order valence-corrected chi connectivity index (χ4v) is 1.99. The second-order valence-corrected chi connectivity index (χ2v) is 4.13. The van der Waals surface area contributed by atoms with Crippen LogP contribution >= 0.6 is 34.8 Å². The molecule has 0 amide bonds. The third-order valence-electron chi connectivity index (χ3n) is 1.97. The van der Waals surface area contributed by atoms with Gasteiger partial charge >= 0.3 is 0 Å². The molecule has 76 valence electrons. The van der Waals surface area contributed by atoms with Gasteiger partial charge in [-0.25, -0.2) is 0 Å². The van der Waals surface area contributed by atoms with Crippen molar-refractivity contribution >= 4 is 34.8 Å². The fourth-order valence-electron chi connectivity index (χ4n) is 1.27. The summed E-state index contributed by atoms with van der Waals surface area (Å²) in [5, 5.41) is 1.45. The molecule has 0 saturated carbocycles. The number of halogens is 3. The predicted octanol–water partition coefficient (Wildman–Crippen LogP) is 4.71. The molecule has 0 radical (unpaired) electrons. The molecule has 0 N–H and O–H groups in total. The molecule has 0 saturated heterocycles. The maximum Gasteiger partial charge on any atom is 0.0732 e. The van der Waals surface area contributed by atoms with Crippen LogP contribution < -0.4 is 0 Å². The number of pyridine rings is 1. The van der Waals surface area contributed by atoms with Gasteiger partial charge in [-0.1, -0.05) is 40.9 Å². The van der Waals surface area contributed by atoms with Gasteiger partial charge in [0.15, 0.2) is 0 Å². The maximum absolute atomic E-state index is 6.08. The van der Waals surface area contributed by atoms with Crippen LogP contribution in [0.2, 0.25) is 15.1 Å². The number of rotatable bonds is 1. The summed E-state index contributed by atoms with van der Waals surface area (Å²) in [7, 11) is 0. The van der Waals surface area contributed by atoms with E-state index < -0.39 is 0 Å². The lowest BCUT2D eigenvalue weighted by molar-refractivity contribution is 1.33. The van der Waals surface area contributed by atoms with Gasteiger partial charge in [0.1, 0.15) is 0 Å². The molecule has 1 aromatic heterocycles. The minimum atomic E-state index is 0.433. The van der Waals surface area contributed by atoms with E-state index >= 15 is 0 Å². The Hall–Kier alpha value is -0.760. The number of benzene rings is 1. The van der Waals surface area contributed by atoms with E-state index in [-0.39, 0.29) is 0 Å². The zero-order valence-electron chi connectivity index (χ0n) is 7.55. The van der Waals surface area contributed by atoms with Gasteiger partial charge < -0.3 is 0 Å². The standard InChI is InChI=1S/C11H6Cl3N/c12-7-4-5-8(13)11(14)10(7)9-3-1-2-6-15-9/h1-6H. The molecule has 0 aliphatic carbocycles. The van der Waals surface area contributed by atoms with Crippen LogP contribution in [-0.4, -0.2) is 4.98 Å². The molecule has 1 aromatic carbocycles. The summed E-state index contributed by atoms with van der Waals surface area (Å²) in [5.74, 6) is 0. The van der Waals surface area contributed by atoms with E-state index in [0.717, 1.165) is 5.69 Å². The quantitative estimate of drug-likeness (QED) is 0.675. The Morgan fingerprint density at radius 2 is 1.60 bits per heavy atom. The number of hydrogen-bond acceptors (Lipinski definition) is 1. The zero-order valence-corrected chi connectivity index (χ0v) is 9.81. The van der Waals surface area contributed by atoms with E-state index in [9.17, 15) is 0 Å². The van der Waals surface area contributed by atoms with Gasteiger partial charge in [-0.3, -0.25) is 4.98 Å². The van der Waals surface area contributed by atoms with Crippen molar-refractivity contribution in [2.45, 2.75) is 0 Å². The molecule has 0 unspecified atom stereocenters. The molecule has 2 rings (SSSR count). The maximum atomic E-state index is 6.08. The molecule has 0 bridgehead atoms. The summed E-state index contributed by atoms with van der Waals surface area (Å²) < 4.78 is 0. The first kappa shape index (κ1) is 10.7. The highest BCUT2D eigenvalue weighted by molar-refractivity contribution is 6.46. The van der Waals surface area contributed by atoms with Crippen LogP contribution in [0.5, 0.6) is 0 Å². The van der Waals surface area contributed by atoms with Crippen LogP contribution in [0, 0.1) is 0 Å². The molecule has 0 fully saturated rings. The Labute approximate surface area is 103 Å². The molecule has 2 aromatic rings. The second kappa shape index (κ2) is 4.40. The van der Waals surface area contributed by atoms with Gasteiger partial charge in [-0.15, -0.1) is 0 Å². The Kier molecular flexibility index (Phi) is 3.15. The summed E-state index contributed by atoms with van der Waals surface area (Å²) >= 11 is 18.0. The summed E-state index contributed by atoms with van der Waals surface area (Å²) in [6.45, 7) is 0. The third kappa shape index (κ3) is 2.10. The normalized spacial score (nSPS) is 10.3. The van der Waals surface area contributed by atoms with Gasteiger partial charge in [0, 0.05) is 11.8 Å². The van der Waals surface area contributed by atoms with E-state index in [1.54, 1.807) is 18.3 Å². The largest absolute Gasteiger partial charge is 0.256 e. The first-order chi connectivity index (χ1) is 7.20. The Bertz CT molecular complexity index is 483. The van der Waals surface area contributed by atoms with E-state index in [1.807, 2.05) is 18.2 Å². The van der Waals surface area contributed by atoms with E-state index in [0.29, 0.717) is 20.6 Å². The highest BCUT2D eigenvalue weighted by Crippen LogP contribution is 2.37. The summed E-state index contributed by atoms with van der Waals surface area (Å²) in [4.78, 5) is 4.18. The molecule has 0 aliphatic rings. The number of aromatic nitrogens is 1. The molecule has 4 heteroatoms. The van der Waals surface area contributed by atoms with Crippen LogP contribution in [0.3, 0.4) is 0 Å². The van der Waals surface area contributed by atoms with Gasteiger partial charge in [-0.2, -0.15) is 0 Å². The predicted molar refractivity (Wildman–Crippen MR) is 64.7 cm³/mol. The molecular weight excluding hydrogens is 252 g/mol. The van der Waals surface area contributed by atoms with Gasteiger partial charge in [0.25, 0.3) is 0 Å². The Morgan fingerprint density at radius 3 is 2.27 bits per heavy atom. The number of hydrogen-bond donors (Lipinski definition) is 0. The van der Waals surface area contributed by atoms with E-state index in [2.05, 4.69) is 4.98 Å². The lowest BCUT2D eigenvalue weighted by Gasteiger charge is -2.07. The van der Waals surface area contributed by atoms with Crippen molar-refractivity contribution in [2.75, 3.05) is 0 Å². The average Bonchev–Trinajstić information content (AvgIpc) is 2.26. The molecular formula is C11H6Cl3N. The lowest BCUT2D eigenvalue weighted by atomic mass is 10.1. The smallest absolute Gasteiger partial charge is 0.0732 e. The van der Waals surface area contributed by atoms with Crippen molar-refractivity contribution in [3.8, 4) is 11.3 Å². The SMILES string of the molecule is Clc1ccc(Cl)c(-c2ccccn2)c1Cl. The molecule has 1 nitrogen and oxygen atoms in total. The monoisotopic (exact) mass is 257 g/mol. The molecule has 15 heavy (non-hydrogen) atoms. The topological polar surface area (TPSA) is 12.9 Å². The molecule has 0 atom stereocenters. The van der Waals surface area contributed by atoms with Crippen molar-refractivity contribution in [1.29, 1.82) is 0 Å². The highest BCUT2D eigenvalue weighted by Gasteiger charge is 2.11. The second-order valence-electron chi connectivity index (χ2n) is 2.93. The fraction of sp³-hybridized carbons (Fsp3) is 0. The van der Waals surface area contributed by atoms with Crippen LogP contribution in [-0.2, 0) is 0 Å². The molecule has 1 heterocycles.